The zero-order valence-corrected chi connectivity index (χ0v) is 17.2. The summed E-state index contributed by atoms with van der Waals surface area (Å²) in [5.41, 5.74) is 8.62. The van der Waals surface area contributed by atoms with E-state index in [1.54, 1.807) is 36.4 Å². The van der Waals surface area contributed by atoms with Crippen molar-refractivity contribution in [3.8, 4) is 17.2 Å². The summed E-state index contributed by atoms with van der Waals surface area (Å²) in [5, 5.41) is 9.15. The van der Waals surface area contributed by atoms with Gasteiger partial charge in [0.15, 0.2) is 9.84 Å². The van der Waals surface area contributed by atoms with Crippen LogP contribution in [0.3, 0.4) is 0 Å². The van der Waals surface area contributed by atoms with Crippen molar-refractivity contribution in [2.45, 2.75) is 22.6 Å². The van der Waals surface area contributed by atoms with Gasteiger partial charge in [0, 0.05) is 17.7 Å². The molecule has 1 amide bonds. The van der Waals surface area contributed by atoms with Gasteiger partial charge >= 0.3 is 0 Å². The summed E-state index contributed by atoms with van der Waals surface area (Å²) in [6.45, 7) is 0. The summed E-state index contributed by atoms with van der Waals surface area (Å²) in [7, 11) is -3.37. The van der Waals surface area contributed by atoms with Crippen LogP contribution >= 0.6 is 0 Å². The molecule has 2 unspecified atom stereocenters. The van der Waals surface area contributed by atoms with Crippen molar-refractivity contribution < 1.29 is 13.2 Å². The average molecular weight is 417 g/mol. The van der Waals surface area contributed by atoms with Crippen LogP contribution < -0.4 is 5.73 Å². The predicted molar refractivity (Wildman–Crippen MR) is 114 cm³/mol. The molecule has 0 heterocycles. The Labute approximate surface area is 175 Å². The lowest BCUT2D eigenvalue weighted by Crippen LogP contribution is -2.30. The number of nitrogens with zero attached hydrogens (tertiary/aromatic N) is 1. The Morgan fingerprint density at radius 3 is 2.40 bits per heavy atom. The molecule has 3 aromatic carbocycles. The Morgan fingerprint density at radius 2 is 1.77 bits per heavy atom. The fourth-order valence-corrected chi connectivity index (χ4v) is 5.11. The van der Waals surface area contributed by atoms with Gasteiger partial charge in [-0.25, -0.2) is 8.42 Å². The minimum absolute atomic E-state index is 0.0857. The van der Waals surface area contributed by atoms with Gasteiger partial charge in [-0.1, -0.05) is 54.6 Å². The monoisotopic (exact) mass is 416 g/mol. The second-order valence-corrected chi connectivity index (χ2v) is 9.66. The first-order valence-corrected chi connectivity index (χ1v) is 11.4. The van der Waals surface area contributed by atoms with Crippen molar-refractivity contribution in [1.82, 2.24) is 0 Å². The van der Waals surface area contributed by atoms with E-state index >= 15 is 0 Å². The van der Waals surface area contributed by atoms with Gasteiger partial charge in [-0.05, 0) is 41.3 Å². The fraction of sp³-hybridized carbons (Fsp3) is 0.167. The van der Waals surface area contributed by atoms with Crippen LogP contribution in [0.2, 0.25) is 0 Å². The number of sulfone groups is 1. The Hall–Kier alpha value is -3.43. The van der Waals surface area contributed by atoms with E-state index in [1.807, 2.05) is 36.4 Å². The zero-order chi connectivity index (χ0) is 21.5. The molecule has 2 N–H and O–H groups in total. The molecule has 4 rings (SSSR count). The normalized spacial score (nSPS) is 20.3. The number of rotatable bonds is 5. The van der Waals surface area contributed by atoms with Crippen molar-refractivity contribution in [3.63, 3.8) is 0 Å². The maximum atomic E-state index is 12.4. The third-order valence-corrected chi connectivity index (χ3v) is 6.97. The van der Waals surface area contributed by atoms with E-state index in [2.05, 4.69) is 6.07 Å². The lowest BCUT2D eigenvalue weighted by Gasteiger charge is -2.16. The molecule has 5 nitrogen and oxygen atoms in total. The van der Waals surface area contributed by atoms with Gasteiger partial charge in [-0.3, -0.25) is 4.79 Å². The van der Waals surface area contributed by atoms with Crippen molar-refractivity contribution in [2.75, 3.05) is 6.26 Å². The van der Waals surface area contributed by atoms with Gasteiger partial charge in [0.05, 0.1) is 21.9 Å². The number of benzene rings is 3. The molecule has 0 radical (unpaired) electrons. The quantitative estimate of drug-likeness (QED) is 0.687. The predicted octanol–water partition coefficient (Wildman–Crippen LogP) is 3.54. The second kappa shape index (κ2) is 7.12. The van der Waals surface area contributed by atoms with E-state index in [9.17, 15) is 13.2 Å². The lowest BCUT2D eigenvalue weighted by molar-refractivity contribution is -0.120. The molecular weight excluding hydrogens is 396 g/mol. The molecule has 0 aliphatic heterocycles. The molecule has 0 saturated heterocycles. The Kier molecular flexibility index (Phi) is 4.71. The Morgan fingerprint density at radius 1 is 1.07 bits per heavy atom. The zero-order valence-electron chi connectivity index (χ0n) is 16.4. The van der Waals surface area contributed by atoms with Crippen LogP contribution in [0.4, 0.5) is 0 Å². The first-order chi connectivity index (χ1) is 14.3. The summed E-state index contributed by atoms with van der Waals surface area (Å²) in [6.07, 6.45) is 1.77. The number of hydrogen-bond donors (Lipinski definition) is 1. The highest BCUT2D eigenvalue weighted by atomic mass is 32.2. The fourth-order valence-electron chi connectivity index (χ4n) is 4.20. The van der Waals surface area contributed by atoms with Crippen LogP contribution in [-0.4, -0.2) is 20.6 Å². The second-order valence-electron chi connectivity index (χ2n) is 7.68. The van der Waals surface area contributed by atoms with E-state index in [0.29, 0.717) is 17.5 Å². The van der Waals surface area contributed by atoms with E-state index in [0.717, 1.165) is 16.7 Å². The van der Waals surface area contributed by atoms with Crippen LogP contribution in [0.25, 0.3) is 11.1 Å². The summed E-state index contributed by atoms with van der Waals surface area (Å²) in [5.74, 6) is -0.489. The highest BCUT2D eigenvalue weighted by Gasteiger charge is 2.60. The van der Waals surface area contributed by atoms with Crippen LogP contribution in [0.1, 0.15) is 29.0 Å². The van der Waals surface area contributed by atoms with Gasteiger partial charge in [0.2, 0.25) is 5.91 Å². The topological polar surface area (TPSA) is 101 Å². The number of carbonyl (C=O) groups is 1. The largest absolute Gasteiger partial charge is 0.369 e. The maximum Gasteiger partial charge on any atom is 0.228 e. The van der Waals surface area contributed by atoms with Crippen LogP contribution in [0, 0.1) is 11.3 Å². The number of nitriles is 1. The number of primary amides is 1. The van der Waals surface area contributed by atoms with Gasteiger partial charge in [-0.15, -0.1) is 0 Å². The molecule has 1 aliphatic carbocycles. The van der Waals surface area contributed by atoms with Crippen molar-refractivity contribution in [2.24, 2.45) is 5.73 Å². The van der Waals surface area contributed by atoms with E-state index in [1.165, 1.54) is 6.26 Å². The molecule has 0 spiro atoms. The highest BCUT2D eigenvalue weighted by Crippen LogP contribution is 2.60. The van der Waals surface area contributed by atoms with Crippen LogP contribution in [0.15, 0.2) is 77.7 Å². The van der Waals surface area contributed by atoms with Gasteiger partial charge in [-0.2, -0.15) is 5.26 Å². The summed E-state index contributed by atoms with van der Waals surface area (Å²) in [4.78, 5) is 12.7. The number of nitrogens with two attached hydrogens (primary N) is 1. The molecule has 1 saturated carbocycles. The summed E-state index contributed by atoms with van der Waals surface area (Å²) < 4.78 is 24.2. The molecule has 1 aliphatic rings. The number of amides is 1. The standard InChI is InChI=1S/C24H20N2O3S/c1-30(28,29)22-8-3-2-7-20(22)17-9-11-19(12-10-17)24(23(26)27)14-21(24)18-6-4-5-16(13-18)15-25/h2-13,21H,14H2,1H3,(H2,26,27). The minimum Gasteiger partial charge on any atom is -0.369 e. The first-order valence-electron chi connectivity index (χ1n) is 9.47. The average Bonchev–Trinajstić information content (AvgIpc) is 3.51. The maximum absolute atomic E-state index is 12.4. The van der Waals surface area contributed by atoms with Crippen molar-refractivity contribution >= 4 is 15.7 Å². The van der Waals surface area contributed by atoms with Crippen LogP contribution in [0.5, 0.6) is 0 Å². The summed E-state index contributed by atoms with van der Waals surface area (Å²) in [6, 6.07) is 23.5. The SMILES string of the molecule is CS(=O)(=O)c1ccccc1-c1ccc(C2(C(N)=O)CC2c2cccc(C#N)c2)cc1. The molecule has 30 heavy (non-hydrogen) atoms. The summed E-state index contributed by atoms with van der Waals surface area (Å²) >= 11 is 0. The molecule has 1 fully saturated rings. The Balaban J connectivity index is 1.72. The molecule has 0 bridgehead atoms. The van der Waals surface area contributed by atoms with E-state index in [-0.39, 0.29) is 10.8 Å². The number of hydrogen-bond acceptors (Lipinski definition) is 4. The lowest BCUT2D eigenvalue weighted by atomic mass is 9.88. The Bertz CT molecular complexity index is 1290. The molecular formula is C24H20N2O3S. The first kappa shape index (κ1) is 19.9. The van der Waals surface area contributed by atoms with Gasteiger partial charge < -0.3 is 5.73 Å². The van der Waals surface area contributed by atoms with E-state index in [4.69, 9.17) is 11.0 Å². The smallest absolute Gasteiger partial charge is 0.228 e. The van der Waals surface area contributed by atoms with Gasteiger partial charge in [0.1, 0.15) is 0 Å². The molecule has 6 heteroatoms. The molecule has 2 atom stereocenters. The third-order valence-electron chi connectivity index (χ3n) is 5.82. The number of carbonyl (C=O) groups excluding carboxylic acids is 1. The molecule has 150 valence electrons. The molecule has 0 aromatic heterocycles. The van der Waals surface area contributed by atoms with E-state index < -0.39 is 21.2 Å². The third kappa shape index (κ3) is 3.27. The highest BCUT2D eigenvalue weighted by molar-refractivity contribution is 7.90. The van der Waals surface area contributed by atoms with Crippen LogP contribution in [-0.2, 0) is 20.0 Å². The van der Waals surface area contributed by atoms with Crippen molar-refractivity contribution in [1.29, 1.82) is 5.26 Å². The molecule has 3 aromatic rings. The minimum atomic E-state index is -3.37. The van der Waals surface area contributed by atoms with Crippen molar-refractivity contribution in [3.05, 3.63) is 89.5 Å². The van der Waals surface area contributed by atoms with Gasteiger partial charge in [0.25, 0.3) is 0 Å².